The number of hydrogen-bond acceptors (Lipinski definition) is 4. The molecule has 0 fully saturated rings. The minimum Gasteiger partial charge on any atom is -0.351 e. The predicted octanol–water partition coefficient (Wildman–Crippen LogP) is 0.663. The van der Waals surface area contributed by atoms with Gasteiger partial charge in [0.25, 0.3) is 11.6 Å². The van der Waals surface area contributed by atoms with Crippen LogP contribution in [0.25, 0.3) is 0 Å². The van der Waals surface area contributed by atoms with Crippen molar-refractivity contribution in [2.45, 2.75) is 13.3 Å². The van der Waals surface area contributed by atoms with Gasteiger partial charge in [0.05, 0.1) is 11.1 Å². The van der Waals surface area contributed by atoms with Crippen LogP contribution in [0.2, 0.25) is 0 Å². The Bertz CT molecular complexity index is 428. The average molecular weight is 254 g/mol. The van der Waals surface area contributed by atoms with Crippen LogP contribution in [0.15, 0.2) is 12.3 Å². The van der Waals surface area contributed by atoms with Gasteiger partial charge in [0.15, 0.2) is 0 Å². The molecule has 0 saturated carbocycles. The van der Waals surface area contributed by atoms with E-state index in [1.807, 2.05) is 6.92 Å². The van der Waals surface area contributed by atoms with E-state index >= 15 is 0 Å². The maximum absolute atomic E-state index is 11.8. The first kappa shape index (κ1) is 14.2. The minimum atomic E-state index is -0.512. The molecular weight excluding hydrogens is 236 g/mol. The van der Waals surface area contributed by atoms with Gasteiger partial charge >= 0.3 is 0 Å². The van der Waals surface area contributed by atoms with Gasteiger partial charge in [0.2, 0.25) is 0 Å². The van der Waals surface area contributed by atoms with Crippen LogP contribution < -0.4 is 10.6 Å². The molecule has 18 heavy (non-hydrogen) atoms. The molecular formula is C11H18N4O3. The number of nitro groups is 1. The molecule has 1 rings (SSSR count). The van der Waals surface area contributed by atoms with Crippen molar-refractivity contribution in [2.75, 3.05) is 19.6 Å². The molecule has 7 heteroatoms. The number of carbonyl (C=O) groups is 1. The fourth-order valence-corrected chi connectivity index (χ4v) is 1.56. The number of rotatable bonds is 7. The maximum Gasteiger partial charge on any atom is 0.287 e. The monoisotopic (exact) mass is 254 g/mol. The van der Waals surface area contributed by atoms with Crippen molar-refractivity contribution < 1.29 is 9.72 Å². The van der Waals surface area contributed by atoms with Gasteiger partial charge < -0.3 is 15.2 Å². The highest BCUT2D eigenvalue weighted by molar-refractivity contribution is 5.93. The largest absolute Gasteiger partial charge is 0.351 e. The summed E-state index contributed by atoms with van der Waals surface area (Å²) in [6, 6.07) is 1.28. The highest BCUT2D eigenvalue weighted by Gasteiger charge is 2.16. The topological polar surface area (TPSA) is 89.2 Å². The first-order valence-electron chi connectivity index (χ1n) is 5.86. The van der Waals surface area contributed by atoms with Gasteiger partial charge in [0, 0.05) is 19.7 Å². The van der Waals surface area contributed by atoms with Gasteiger partial charge in [-0.05, 0) is 19.5 Å². The zero-order valence-corrected chi connectivity index (χ0v) is 10.6. The minimum absolute atomic E-state index is 0.0738. The molecule has 0 radical (unpaired) electrons. The lowest BCUT2D eigenvalue weighted by Gasteiger charge is -2.05. The first-order chi connectivity index (χ1) is 8.56. The fraction of sp³-hybridized carbons (Fsp3) is 0.545. The van der Waals surface area contributed by atoms with Crippen molar-refractivity contribution in [1.29, 1.82) is 0 Å². The molecule has 0 aromatic carbocycles. The fourth-order valence-electron chi connectivity index (χ4n) is 1.56. The SMILES string of the molecule is CCNCCCNC(=O)c1cc([N+](=O)[O-])cn1C. The molecule has 0 aliphatic heterocycles. The molecule has 1 heterocycles. The maximum atomic E-state index is 11.8. The predicted molar refractivity (Wildman–Crippen MR) is 67.6 cm³/mol. The summed E-state index contributed by atoms with van der Waals surface area (Å²) in [5.41, 5.74) is 0.223. The third-order valence-electron chi connectivity index (χ3n) is 2.50. The second-order valence-electron chi connectivity index (χ2n) is 3.91. The number of carbonyl (C=O) groups excluding carboxylic acids is 1. The number of amides is 1. The summed E-state index contributed by atoms with van der Waals surface area (Å²) in [5.74, 6) is -0.290. The molecule has 0 bridgehead atoms. The normalized spacial score (nSPS) is 10.3. The second kappa shape index (κ2) is 6.75. The van der Waals surface area contributed by atoms with Crippen LogP contribution in [0.1, 0.15) is 23.8 Å². The summed E-state index contributed by atoms with van der Waals surface area (Å²) in [7, 11) is 1.61. The molecule has 0 aliphatic rings. The highest BCUT2D eigenvalue weighted by Crippen LogP contribution is 2.14. The summed E-state index contributed by atoms with van der Waals surface area (Å²) >= 11 is 0. The Balaban J connectivity index is 2.48. The van der Waals surface area contributed by atoms with E-state index < -0.39 is 4.92 Å². The molecule has 7 nitrogen and oxygen atoms in total. The Morgan fingerprint density at radius 2 is 2.22 bits per heavy atom. The molecule has 0 saturated heterocycles. The van der Waals surface area contributed by atoms with Crippen LogP contribution in [-0.4, -0.2) is 35.0 Å². The number of nitrogens with zero attached hydrogens (tertiary/aromatic N) is 2. The summed E-state index contributed by atoms with van der Waals surface area (Å²) in [6.45, 7) is 4.30. The Morgan fingerprint density at radius 1 is 1.50 bits per heavy atom. The average Bonchev–Trinajstić information content (AvgIpc) is 2.71. The van der Waals surface area contributed by atoms with Crippen molar-refractivity contribution in [3.05, 3.63) is 28.1 Å². The van der Waals surface area contributed by atoms with Crippen molar-refractivity contribution in [2.24, 2.45) is 7.05 Å². The van der Waals surface area contributed by atoms with Gasteiger partial charge in [-0.1, -0.05) is 6.92 Å². The third kappa shape index (κ3) is 3.85. The third-order valence-corrected chi connectivity index (χ3v) is 2.50. The molecule has 0 atom stereocenters. The Hall–Kier alpha value is -1.89. The van der Waals surface area contributed by atoms with Crippen LogP contribution in [0.5, 0.6) is 0 Å². The summed E-state index contributed by atoms with van der Waals surface area (Å²) < 4.78 is 1.46. The molecule has 1 aromatic rings. The van der Waals surface area contributed by atoms with E-state index in [4.69, 9.17) is 0 Å². The Kier molecular flexibility index (Phi) is 5.31. The summed E-state index contributed by atoms with van der Waals surface area (Å²) in [4.78, 5) is 21.8. The molecule has 2 N–H and O–H groups in total. The zero-order chi connectivity index (χ0) is 13.5. The van der Waals surface area contributed by atoms with Crippen LogP contribution in [0, 0.1) is 10.1 Å². The molecule has 1 amide bonds. The van der Waals surface area contributed by atoms with E-state index in [0.29, 0.717) is 12.2 Å². The molecule has 0 unspecified atom stereocenters. The Morgan fingerprint density at radius 3 is 2.78 bits per heavy atom. The molecule has 0 spiro atoms. The van der Waals surface area contributed by atoms with Crippen LogP contribution in [-0.2, 0) is 7.05 Å². The lowest BCUT2D eigenvalue weighted by Crippen LogP contribution is -2.28. The summed E-state index contributed by atoms with van der Waals surface area (Å²) in [6.07, 6.45) is 2.15. The van der Waals surface area contributed by atoms with E-state index in [2.05, 4.69) is 10.6 Å². The van der Waals surface area contributed by atoms with E-state index in [0.717, 1.165) is 19.5 Å². The molecule has 0 aliphatic carbocycles. The zero-order valence-electron chi connectivity index (χ0n) is 10.6. The number of nitrogens with one attached hydrogen (secondary N) is 2. The van der Waals surface area contributed by atoms with E-state index in [1.165, 1.54) is 16.8 Å². The molecule has 1 aromatic heterocycles. The first-order valence-corrected chi connectivity index (χ1v) is 5.86. The number of aromatic nitrogens is 1. The van der Waals surface area contributed by atoms with Gasteiger partial charge in [-0.25, -0.2) is 0 Å². The molecule has 100 valence electrons. The second-order valence-corrected chi connectivity index (χ2v) is 3.91. The number of hydrogen-bond donors (Lipinski definition) is 2. The lowest BCUT2D eigenvalue weighted by molar-refractivity contribution is -0.384. The Labute approximate surface area is 105 Å². The van der Waals surface area contributed by atoms with Crippen LogP contribution >= 0.6 is 0 Å². The van der Waals surface area contributed by atoms with Crippen molar-refractivity contribution in [1.82, 2.24) is 15.2 Å². The van der Waals surface area contributed by atoms with Crippen LogP contribution in [0.3, 0.4) is 0 Å². The highest BCUT2D eigenvalue weighted by atomic mass is 16.6. The van der Waals surface area contributed by atoms with E-state index in [9.17, 15) is 14.9 Å². The van der Waals surface area contributed by atoms with Gasteiger partial charge in [-0.2, -0.15) is 0 Å². The van der Waals surface area contributed by atoms with Gasteiger partial charge in [-0.15, -0.1) is 0 Å². The van der Waals surface area contributed by atoms with Crippen molar-refractivity contribution >= 4 is 11.6 Å². The summed E-state index contributed by atoms with van der Waals surface area (Å²) in [5, 5.41) is 16.4. The van der Waals surface area contributed by atoms with Crippen molar-refractivity contribution in [3.8, 4) is 0 Å². The lowest BCUT2D eigenvalue weighted by atomic mass is 10.3. The van der Waals surface area contributed by atoms with E-state index in [1.54, 1.807) is 7.05 Å². The van der Waals surface area contributed by atoms with Gasteiger partial charge in [0.1, 0.15) is 5.69 Å². The van der Waals surface area contributed by atoms with Crippen LogP contribution in [0.4, 0.5) is 5.69 Å². The van der Waals surface area contributed by atoms with E-state index in [-0.39, 0.29) is 11.6 Å². The number of aryl methyl sites for hydroxylation is 1. The standard InChI is InChI=1S/C11H18N4O3/c1-3-12-5-4-6-13-11(16)10-7-9(15(17)18)8-14(10)2/h7-8,12H,3-6H2,1-2H3,(H,13,16). The quantitative estimate of drug-likeness (QED) is 0.425. The smallest absolute Gasteiger partial charge is 0.287 e. The van der Waals surface area contributed by atoms with Crippen molar-refractivity contribution in [3.63, 3.8) is 0 Å². The van der Waals surface area contributed by atoms with Gasteiger partial charge in [-0.3, -0.25) is 14.9 Å².